The van der Waals surface area contributed by atoms with Crippen molar-refractivity contribution in [3.8, 4) is 0 Å². The predicted molar refractivity (Wildman–Crippen MR) is 57.0 cm³/mol. The molecule has 17 heavy (non-hydrogen) atoms. The Kier molecular flexibility index (Phi) is 3.12. The molecule has 0 radical (unpaired) electrons. The molecule has 2 atom stereocenters. The Morgan fingerprint density at radius 3 is 2.41 bits per heavy atom. The van der Waals surface area contributed by atoms with Gasteiger partial charge in [0.05, 0.1) is 32.3 Å². The van der Waals surface area contributed by atoms with E-state index in [1.807, 2.05) is 0 Å². The van der Waals surface area contributed by atoms with Crippen molar-refractivity contribution in [2.45, 2.75) is 12.8 Å². The number of fused-ring (bicyclic) bond motifs is 1. The van der Waals surface area contributed by atoms with E-state index in [1.54, 1.807) is 6.20 Å². The highest BCUT2D eigenvalue weighted by Crippen LogP contribution is 2.30. The number of carbonyl (C=O) groups is 2. The van der Waals surface area contributed by atoms with Crippen LogP contribution in [0.2, 0.25) is 0 Å². The largest absolute Gasteiger partial charge is 0.469 e. The van der Waals surface area contributed by atoms with Gasteiger partial charge in [-0.1, -0.05) is 0 Å². The molecular formula is C11H14N2O4. The number of methoxy groups -OCH3 is 2. The van der Waals surface area contributed by atoms with Crippen LogP contribution in [0.5, 0.6) is 0 Å². The molecule has 0 fully saturated rings. The Morgan fingerprint density at radius 1 is 1.24 bits per heavy atom. The predicted octanol–water partition coefficient (Wildman–Crippen LogP) is 0.0867. The topological polar surface area (TPSA) is 81.3 Å². The average molecular weight is 238 g/mol. The third kappa shape index (κ3) is 2.02. The second-order valence-corrected chi connectivity index (χ2v) is 4.04. The zero-order chi connectivity index (χ0) is 12.4. The third-order valence-corrected chi connectivity index (χ3v) is 3.16. The standard InChI is InChI=1S/C11H14N2O4/c1-16-10(14)7-3-6-5-12-13-9(6)4-8(7)11(15)17-2/h5,7-8H,3-4H2,1-2H3,(H,12,13)/t7-,8-/m1/s1. The number of hydrogen-bond donors (Lipinski definition) is 1. The molecule has 0 bridgehead atoms. The molecule has 1 N–H and O–H groups in total. The number of aromatic amines is 1. The molecule has 0 unspecified atom stereocenters. The lowest BCUT2D eigenvalue weighted by atomic mass is 9.78. The summed E-state index contributed by atoms with van der Waals surface area (Å²) < 4.78 is 9.45. The van der Waals surface area contributed by atoms with Crippen LogP contribution in [-0.4, -0.2) is 36.4 Å². The van der Waals surface area contributed by atoms with Crippen molar-refractivity contribution in [1.82, 2.24) is 10.2 Å². The van der Waals surface area contributed by atoms with E-state index in [0.717, 1.165) is 11.3 Å². The summed E-state index contributed by atoms with van der Waals surface area (Å²) in [5.41, 5.74) is 1.85. The molecule has 0 saturated carbocycles. The van der Waals surface area contributed by atoms with Crippen molar-refractivity contribution in [2.24, 2.45) is 11.8 Å². The fraction of sp³-hybridized carbons (Fsp3) is 0.545. The normalized spacial score (nSPS) is 22.7. The van der Waals surface area contributed by atoms with Gasteiger partial charge in [-0.25, -0.2) is 0 Å². The number of hydrogen-bond acceptors (Lipinski definition) is 5. The van der Waals surface area contributed by atoms with E-state index >= 15 is 0 Å². The molecule has 92 valence electrons. The maximum Gasteiger partial charge on any atom is 0.309 e. The summed E-state index contributed by atoms with van der Waals surface area (Å²) in [5, 5.41) is 6.75. The molecule has 1 heterocycles. The fourth-order valence-corrected chi connectivity index (χ4v) is 2.23. The van der Waals surface area contributed by atoms with Crippen LogP contribution in [0.15, 0.2) is 6.20 Å². The minimum absolute atomic E-state index is 0.382. The van der Waals surface area contributed by atoms with E-state index in [2.05, 4.69) is 10.2 Å². The highest BCUT2D eigenvalue weighted by atomic mass is 16.5. The summed E-state index contributed by atoms with van der Waals surface area (Å²) in [5.74, 6) is -1.76. The number of rotatable bonds is 2. The lowest BCUT2D eigenvalue weighted by Crippen LogP contribution is -2.37. The first-order valence-electron chi connectivity index (χ1n) is 5.34. The van der Waals surface area contributed by atoms with Crippen molar-refractivity contribution in [3.63, 3.8) is 0 Å². The zero-order valence-electron chi connectivity index (χ0n) is 9.73. The second kappa shape index (κ2) is 4.57. The molecular weight excluding hydrogens is 224 g/mol. The summed E-state index contributed by atoms with van der Waals surface area (Å²) in [6.45, 7) is 0. The molecule has 0 aromatic carbocycles. The molecule has 2 rings (SSSR count). The second-order valence-electron chi connectivity index (χ2n) is 4.04. The zero-order valence-corrected chi connectivity index (χ0v) is 9.73. The Bertz CT molecular complexity index is 402. The van der Waals surface area contributed by atoms with Crippen molar-refractivity contribution in [1.29, 1.82) is 0 Å². The van der Waals surface area contributed by atoms with Crippen molar-refractivity contribution >= 4 is 11.9 Å². The van der Waals surface area contributed by atoms with Crippen molar-refractivity contribution < 1.29 is 19.1 Å². The van der Waals surface area contributed by atoms with Gasteiger partial charge < -0.3 is 9.47 Å². The average Bonchev–Trinajstić information content (AvgIpc) is 2.82. The van der Waals surface area contributed by atoms with E-state index in [4.69, 9.17) is 9.47 Å². The molecule has 0 saturated heterocycles. The SMILES string of the molecule is COC(=O)[C@@H]1Cc2cn[nH]c2C[C@H]1C(=O)OC. The number of aromatic nitrogens is 2. The number of ether oxygens (including phenoxy) is 2. The first-order chi connectivity index (χ1) is 8.17. The molecule has 1 aromatic heterocycles. The molecule has 1 aliphatic carbocycles. The first-order valence-corrected chi connectivity index (χ1v) is 5.34. The summed E-state index contributed by atoms with van der Waals surface area (Å²) in [6, 6.07) is 0. The van der Waals surface area contributed by atoms with Crippen LogP contribution in [-0.2, 0) is 31.9 Å². The summed E-state index contributed by atoms with van der Waals surface area (Å²) >= 11 is 0. The minimum atomic E-state index is -0.500. The Morgan fingerprint density at radius 2 is 1.82 bits per heavy atom. The molecule has 1 aliphatic rings. The van der Waals surface area contributed by atoms with E-state index in [0.29, 0.717) is 12.8 Å². The number of nitrogens with one attached hydrogen (secondary N) is 1. The van der Waals surface area contributed by atoms with Crippen LogP contribution >= 0.6 is 0 Å². The monoisotopic (exact) mass is 238 g/mol. The number of nitrogens with zero attached hydrogens (tertiary/aromatic N) is 1. The minimum Gasteiger partial charge on any atom is -0.469 e. The molecule has 1 aromatic rings. The molecule has 6 nitrogen and oxygen atoms in total. The van der Waals surface area contributed by atoms with Crippen LogP contribution in [0.1, 0.15) is 11.3 Å². The third-order valence-electron chi connectivity index (χ3n) is 3.16. The molecule has 0 amide bonds. The quantitative estimate of drug-likeness (QED) is 0.738. The van der Waals surface area contributed by atoms with Crippen molar-refractivity contribution in [3.05, 3.63) is 17.5 Å². The maximum absolute atomic E-state index is 11.7. The summed E-state index contributed by atoms with van der Waals surface area (Å²) in [7, 11) is 2.64. The van der Waals surface area contributed by atoms with E-state index in [1.165, 1.54) is 14.2 Å². The van der Waals surface area contributed by atoms with E-state index < -0.39 is 11.8 Å². The maximum atomic E-state index is 11.7. The van der Waals surface area contributed by atoms with Crippen LogP contribution in [0.3, 0.4) is 0 Å². The van der Waals surface area contributed by atoms with Gasteiger partial charge in [0.15, 0.2) is 0 Å². The number of H-pyrrole nitrogens is 1. The Labute approximate surface area is 98.3 Å². The van der Waals surface area contributed by atoms with Crippen LogP contribution in [0, 0.1) is 11.8 Å². The number of carbonyl (C=O) groups excluding carboxylic acids is 2. The van der Waals surface area contributed by atoms with Crippen LogP contribution in [0.4, 0.5) is 0 Å². The Balaban J connectivity index is 2.29. The van der Waals surface area contributed by atoms with E-state index in [9.17, 15) is 9.59 Å². The van der Waals surface area contributed by atoms with Crippen molar-refractivity contribution in [2.75, 3.05) is 14.2 Å². The van der Waals surface area contributed by atoms with Crippen LogP contribution < -0.4 is 0 Å². The van der Waals surface area contributed by atoms with Gasteiger partial charge in [-0.2, -0.15) is 5.10 Å². The van der Waals surface area contributed by atoms with Gasteiger partial charge >= 0.3 is 11.9 Å². The molecule has 0 spiro atoms. The van der Waals surface area contributed by atoms with E-state index in [-0.39, 0.29) is 11.9 Å². The molecule has 0 aliphatic heterocycles. The highest BCUT2D eigenvalue weighted by molar-refractivity contribution is 5.83. The highest BCUT2D eigenvalue weighted by Gasteiger charge is 2.40. The lowest BCUT2D eigenvalue weighted by Gasteiger charge is -2.27. The summed E-state index contributed by atoms with van der Waals surface area (Å²) in [4.78, 5) is 23.3. The lowest BCUT2D eigenvalue weighted by molar-refractivity contribution is -0.158. The fourth-order valence-electron chi connectivity index (χ4n) is 2.23. The van der Waals surface area contributed by atoms with Gasteiger partial charge in [0, 0.05) is 12.1 Å². The van der Waals surface area contributed by atoms with Gasteiger partial charge in [-0.05, 0) is 12.0 Å². The van der Waals surface area contributed by atoms with Gasteiger partial charge in [-0.15, -0.1) is 0 Å². The Hall–Kier alpha value is -1.85. The van der Waals surface area contributed by atoms with Gasteiger partial charge in [0.2, 0.25) is 0 Å². The van der Waals surface area contributed by atoms with Crippen LogP contribution in [0.25, 0.3) is 0 Å². The molecule has 6 heteroatoms. The van der Waals surface area contributed by atoms with Gasteiger partial charge in [-0.3, -0.25) is 14.7 Å². The summed E-state index contributed by atoms with van der Waals surface area (Å²) in [6.07, 6.45) is 2.57. The number of esters is 2. The first kappa shape index (κ1) is 11.6. The van der Waals surface area contributed by atoms with Gasteiger partial charge in [0.25, 0.3) is 0 Å². The smallest absolute Gasteiger partial charge is 0.309 e. The van der Waals surface area contributed by atoms with Gasteiger partial charge in [0.1, 0.15) is 0 Å².